The van der Waals surface area contributed by atoms with Gasteiger partial charge in [0.2, 0.25) is 5.91 Å². The van der Waals surface area contributed by atoms with E-state index in [-0.39, 0.29) is 18.5 Å². The second kappa shape index (κ2) is 76.3. The van der Waals surface area contributed by atoms with E-state index in [9.17, 15) is 19.8 Å². The van der Waals surface area contributed by atoms with Crippen LogP contribution in [0.5, 0.6) is 0 Å². The molecule has 0 aromatic heterocycles. The number of ether oxygens (including phenoxy) is 1. The molecule has 0 rings (SSSR count). The van der Waals surface area contributed by atoms with Crippen LogP contribution in [-0.4, -0.2) is 47.4 Å². The van der Waals surface area contributed by atoms with E-state index in [0.29, 0.717) is 25.9 Å². The number of allylic oxidation sites excluding steroid dienone is 8. The molecule has 0 fully saturated rings. The fraction of sp³-hybridized carbons (Fsp3) is 0.877. The van der Waals surface area contributed by atoms with Crippen LogP contribution in [-0.2, 0) is 14.3 Å². The third kappa shape index (κ3) is 72.8. The first-order valence-corrected chi connectivity index (χ1v) is 39.4. The van der Waals surface area contributed by atoms with E-state index in [4.69, 9.17) is 4.74 Å². The van der Waals surface area contributed by atoms with Crippen molar-refractivity contribution in [2.45, 2.75) is 443 Å². The van der Waals surface area contributed by atoms with Crippen molar-refractivity contribution in [3.8, 4) is 0 Å². The zero-order valence-electron chi connectivity index (χ0n) is 58.8. The largest absolute Gasteiger partial charge is 0.466 e. The van der Waals surface area contributed by atoms with E-state index in [0.717, 1.165) is 57.8 Å². The lowest BCUT2D eigenvalue weighted by atomic mass is 10.0. The van der Waals surface area contributed by atoms with Crippen molar-refractivity contribution in [2.24, 2.45) is 0 Å². The number of unbranched alkanes of at least 4 members (excludes halogenated alkanes) is 55. The Kier molecular flexibility index (Phi) is 74.4. The summed E-state index contributed by atoms with van der Waals surface area (Å²) in [6, 6.07) is -0.544. The molecular formula is C81H153NO5. The van der Waals surface area contributed by atoms with Gasteiger partial charge in [0.1, 0.15) is 0 Å². The number of esters is 1. The summed E-state index contributed by atoms with van der Waals surface area (Å²) in [5.41, 5.74) is 0. The average molecular weight is 1220 g/mol. The molecule has 1 amide bonds. The number of rotatable bonds is 74. The molecule has 0 saturated carbocycles. The predicted octanol–water partition coefficient (Wildman–Crippen LogP) is 26.0. The summed E-state index contributed by atoms with van der Waals surface area (Å²) in [6.07, 6.45) is 100. The third-order valence-corrected chi connectivity index (χ3v) is 18.4. The highest BCUT2D eigenvalue weighted by Crippen LogP contribution is 2.19. The number of carbonyl (C=O) groups excluding carboxylic acids is 2. The van der Waals surface area contributed by atoms with Crippen molar-refractivity contribution >= 4 is 11.9 Å². The zero-order valence-corrected chi connectivity index (χ0v) is 58.8. The normalized spacial score (nSPS) is 12.7. The van der Waals surface area contributed by atoms with Crippen LogP contribution in [0.1, 0.15) is 431 Å². The van der Waals surface area contributed by atoms with Crippen molar-refractivity contribution in [1.82, 2.24) is 5.32 Å². The highest BCUT2D eigenvalue weighted by Gasteiger charge is 2.20. The highest BCUT2D eigenvalue weighted by atomic mass is 16.5. The monoisotopic (exact) mass is 1220 g/mol. The number of aliphatic hydroxyl groups is 2. The quantitative estimate of drug-likeness (QED) is 0.0320. The van der Waals surface area contributed by atoms with Crippen LogP contribution in [0.2, 0.25) is 0 Å². The Labute approximate surface area is 544 Å². The molecule has 6 heteroatoms. The molecule has 2 atom stereocenters. The Morgan fingerprint density at radius 2 is 0.575 bits per heavy atom. The lowest BCUT2D eigenvalue weighted by Crippen LogP contribution is -2.45. The number of amides is 1. The second-order valence-electron chi connectivity index (χ2n) is 27.0. The smallest absolute Gasteiger partial charge is 0.305 e. The molecule has 6 nitrogen and oxygen atoms in total. The maximum absolute atomic E-state index is 12.6. The Bertz CT molecular complexity index is 1450. The van der Waals surface area contributed by atoms with Gasteiger partial charge in [0.15, 0.2) is 0 Å². The first-order valence-electron chi connectivity index (χ1n) is 39.4. The lowest BCUT2D eigenvalue weighted by molar-refractivity contribution is -0.143. The van der Waals surface area contributed by atoms with E-state index in [1.165, 1.54) is 340 Å². The Balaban J connectivity index is 3.40. The van der Waals surface area contributed by atoms with Gasteiger partial charge in [-0.3, -0.25) is 9.59 Å². The minimum absolute atomic E-state index is 0.00884. The molecule has 0 aromatic rings. The van der Waals surface area contributed by atoms with Gasteiger partial charge in [0.25, 0.3) is 0 Å². The molecular weight excluding hydrogens is 1070 g/mol. The van der Waals surface area contributed by atoms with Crippen LogP contribution >= 0.6 is 0 Å². The predicted molar refractivity (Wildman–Crippen MR) is 384 cm³/mol. The zero-order chi connectivity index (χ0) is 62.8. The van der Waals surface area contributed by atoms with E-state index < -0.39 is 12.1 Å². The number of hydrogen-bond acceptors (Lipinski definition) is 5. The fourth-order valence-corrected chi connectivity index (χ4v) is 12.4. The number of carbonyl (C=O) groups is 2. The van der Waals surface area contributed by atoms with Crippen LogP contribution in [0.25, 0.3) is 0 Å². The van der Waals surface area contributed by atoms with Crippen LogP contribution in [0.15, 0.2) is 48.6 Å². The third-order valence-electron chi connectivity index (χ3n) is 18.4. The number of nitrogens with one attached hydrogen (secondary N) is 1. The fourth-order valence-electron chi connectivity index (χ4n) is 12.4. The summed E-state index contributed by atoms with van der Waals surface area (Å²) < 4.78 is 5.51. The van der Waals surface area contributed by atoms with Gasteiger partial charge in [0.05, 0.1) is 25.4 Å². The number of hydrogen-bond donors (Lipinski definition) is 3. The van der Waals surface area contributed by atoms with Crippen molar-refractivity contribution in [1.29, 1.82) is 0 Å². The summed E-state index contributed by atoms with van der Waals surface area (Å²) >= 11 is 0. The molecule has 0 saturated heterocycles. The molecule has 2 unspecified atom stereocenters. The topological polar surface area (TPSA) is 95.9 Å². The van der Waals surface area contributed by atoms with Gasteiger partial charge in [-0.05, 0) is 89.9 Å². The molecule has 0 radical (unpaired) electrons. The molecule has 512 valence electrons. The van der Waals surface area contributed by atoms with Gasteiger partial charge in [-0.2, -0.15) is 0 Å². The Morgan fingerprint density at radius 3 is 0.897 bits per heavy atom. The van der Waals surface area contributed by atoms with Gasteiger partial charge in [-0.25, -0.2) is 0 Å². The number of aliphatic hydroxyl groups excluding tert-OH is 2. The molecule has 0 heterocycles. The van der Waals surface area contributed by atoms with Crippen molar-refractivity contribution in [2.75, 3.05) is 13.2 Å². The van der Waals surface area contributed by atoms with Crippen LogP contribution in [0.3, 0.4) is 0 Å². The van der Waals surface area contributed by atoms with Crippen LogP contribution in [0.4, 0.5) is 0 Å². The average Bonchev–Trinajstić information content (AvgIpc) is 3.52. The molecule has 0 bridgehead atoms. The molecule has 0 spiro atoms. The first-order chi connectivity index (χ1) is 43.0. The summed E-state index contributed by atoms with van der Waals surface area (Å²) in [5, 5.41) is 23.5. The molecule has 0 aliphatic rings. The van der Waals surface area contributed by atoms with Gasteiger partial charge >= 0.3 is 5.97 Å². The second-order valence-corrected chi connectivity index (χ2v) is 27.0. The molecule has 0 aromatic carbocycles. The van der Waals surface area contributed by atoms with Gasteiger partial charge in [-0.15, -0.1) is 0 Å². The van der Waals surface area contributed by atoms with Crippen LogP contribution in [0, 0.1) is 0 Å². The molecule has 87 heavy (non-hydrogen) atoms. The summed E-state index contributed by atoms with van der Waals surface area (Å²) in [4.78, 5) is 24.7. The first kappa shape index (κ1) is 84.8. The molecule has 0 aliphatic carbocycles. The van der Waals surface area contributed by atoms with Gasteiger partial charge < -0.3 is 20.3 Å². The van der Waals surface area contributed by atoms with E-state index in [1.54, 1.807) is 0 Å². The summed E-state index contributed by atoms with van der Waals surface area (Å²) in [6.45, 7) is 4.97. The van der Waals surface area contributed by atoms with Gasteiger partial charge in [0, 0.05) is 12.8 Å². The minimum Gasteiger partial charge on any atom is -0.466 e. The van der Waals surface area contributed by atoms with Gasteiger partial charge in [-0.1, -0.05) is 377 Å². The van der Waals surface area contributed by atoms with E-state index in [1.807, 2.05) is 0 Å². The Morgan fingerprint density at radius 1 is 0.322 bits per heavy atom. The highest BCUT2D eigenvalue weighted by molar-refractivity contribution is 5.76. The maximum atomic E-state index is 12.6. The van der Waals surface area contributed by atoms with Crippen molar-refractivity contribution < 1.29 is 24.5 Å². The van der Waals surface area contributed by atoms with Crippen LogP contribution < -0.4 is 5.32 Å². The lowest BCUT2D eigenvalue weighted by Gasteiger charge is -2.22. The Hall–Kier alpha value is -2.18. The molecule has 0 aliphatic heterocycles. The minimum atomic E-state index is -0.667. The SMILES string of the molecule is CCCCC/C=C\C/C=C\CCCCCCCCCCCC(=O)OCCCCCCCCCCC/C=C\C/C=C\CCCCCCCCCCCCCCCC(=O)NC(CO)C(O)CCCCCCCCCCCCCCCCCCCCCCCC. The maximum Gasteiger partial charge on any atom is 0.305 e. The summed E-state index contributed by atoms with van der Waals surface area (Å²) in [5.74, 6) is -0.0227. The standard InChI is InChI=1S/C81H153NO5/c1-3-5-7-9-11-13-15-17-19-21-23-24-34-38-41-45-49-53-57-61-65-69-73-79(84)78(77-83)82-80(85)74-70-66-62-58-54-50-46-42-39-35-32-30-28-26-25-27-29-31-33-36-40-44-48-52-56-60-64-68-72-76-87-81(86)75-71-67-63-59-55-51-47-43-37-22-20-18-16-14-12-10-8-6-4-2/h12,14,18,20,25,27,31,33,78-79,83-84H,3-11,13,15-17,19,21-24,26,28-30,32,34-77H2,1-2H3,(H,82,85)/b14-12-,20-18-,27-25-,33-31-. The summed E-state index contributed by atoms with van der Waals surface area (Å²) in [7, 11) is 0. The van der Waals surface area contributed by atoms with Crippen molar-refractivity contribution in [3.05, 3.63) is 48.6 Å². The van der Waals surface area contributed by atoms with E-state index >= 15 is 0 Å². The van der Waals surface area contributed by atoms with Crippen molar-refractivity contribution in [3.63, 3.8) is 0 Å². The van der Waals surface area contributed by atoms with E-state index in [2.05, 4.69) is 67.8 Å². The molecule has 3 N–H and O–H groups in total.